The van der Waals surface area contributed by atoms with Gasteiger partial charge in [0.25, 0.3) is 0 Å². The van der Waals surface area contributed by atoms with Gasteiger partial charge in [-0.05, 0) is 36.6 Å². The van der Waals surface area contributed by atoms with Crippen LogP contribution in [0.5, 0.6) is 0 Å². The van der Waals surface area contributed by atoms with Crippen molar-refractivity contribution >= 4 is 28.9 Å². The van der Waals surface area contributed by atoms with Crippen molar-refractivity contribution in [3.05, 3.63) is 42.5 Å². The van der Waals surface area contributed by atoms with Gasteiger partial charge in [0.1, 0.15) is 6.33 Å². The minimum atomic E-state index is -0.627. The Kier molecular flexibility index (Phi) is 3.73. The van der Waals surface area contributed by atoms with Crippen molar-refractivity contribution in [1.29, 1.82) is 0 Å². The second-order valence-corrected chi connectivity index (χ2v) is 6.34. The lowest BCUT2D eigenvalue weighted by Gasteiger charge is -2.32. The average Bonchev–Trinajstić information content (AvgIpc) is 2.85. The molecule has 0 atom stereocenters. The Morgan fingerprint density at radius 3 is 2.64 bits per heavy atom. The number of ether oxygens (including phenoxy) is 1. The van der Waals surface area contributed by atoms with Crippen LogP contribution in [-0.4, -0.2) is 35.0 Å². The van der Waals surface area contributed by atoms with E-state index in [1.165, 1.54) is 13.3 Å². The number of rotatable bonds is 2. The van der Waals surface area contributed by atoms with Crippen LogP contribution in [0.1, 0.15) is 25.3 Å². The Morgan fingerprint density at radius 1 is 1.24 bits per heavy atom. The van der Waals surface area contributed by atoms with Crippen LogP contribution in [0.4, 0.5) is 17.1 Å². The Labute approximate surface area is 145 Å². The Morgan fingerprint density at radius 2 is 1.96 bits per heavy atom. The average molecular weight is 338 g/mol. The summed E-state index contributed by atoms with van der Waals surface area (Å²) < 4.78 is 5.49. The zero-order valence-corrected chi connectivity index (χ0v) is 13.9. The topological polar surface area (TPSA) is 84.4 Å². The van der Waals surface area contributed by atoms with Gasteiger partial charge in [-0.15, -0.1) is 0 Å². The SMILES string of the molecule is CC(=O)Nc1ccc2c(c1)C1(CCOCC1)C(=O)N2c1cncnc1. The molecular formula is C18H18N4O3. The fourth-order valence-electron chi connectivity index (χ4n) is 3.70. The first kappa shape index (κ1) is 15.7. The van der Waals surface area contributed by atoms with Crippen LogP contribution in [0.15, 0.2) is 36.9 Å². The van der Waals surface area contributed by atoms with Gasteiger partial charge in [0.2, 0.25) is 11.8 Å². The number of hydrogen-bond donors (Lipinski definition) is 1. The molecule has 0 bridgehead atoms. The summed E-state index contributed by atoms with van der Waals surface area (Å²) in [5, 5.41) is 2.80. The predicted octanol–water partition coefficient (Wildman–Crippen LogP) is 2.16. The summed E-state index contributed by atoms with van der Waals surface area (Å²) in [7, 11) is 0. The maximum Gasteiger partial charge on any atom is 0.242 e. The standard InChI is InChI=1S/C18H18N4O3/c1-12(23)21-13-2-3-16-15(8-13)18(4-6-25-7-5-18)17(24)22(16)14-9-19-11-20-10-14/h2-3,8-11H,4-7H2,1H3,(H,21,23). The molecule has 1 fully saturated rings. The van der Waals surface area contributed by atoms with Crippen molar-refractivity contribution in [2.75, 3.05) is 23.4 Å². The van der Waals surface area contributed by atoms with Crippen LogP contribution < -0.4 is 10.2 Å². The number of anilines is 3. The molecular weight excluding hydrogens is 320 g/mol. The highest BCUT2D eigenvalue weighted by atomic mass is 16.5. The van der Waals surface area contributed by atoms with Gasteiger partial charge in [-0.2, -0.15) is 0 Å². The summed E-state index contributed by atoms with van der Waals surface area (Å²) >= 11 is 0. The van der Waals surface area contributed by atoms with E-state index in [2.05, 4.69) is 15.3 Å². The largest absolute Gasteiger partial charge is 0.381 e. The van der Waals surface area contributed by atoms with E-state index in [0.29, 0.717) is 37.4 Å². The van der Waals surface area contributed by atoms with Crippen molar-refractivity contribution in [2.24, 2.45) is 0 Å². The lowest BCUT2D eigenvalue weighted by Crippen LogP contribution is -2.42. The van der Waals surface area contributed by atoms with E-state index in [4.69, 9.17) is 4.74 Å². The lowest BCUT2D eigenvalue weighted by molar-refractivity contribution is -0.125. The Balaban J connectivity index is 1.87. The lowest BCUT2D eigenvalue weighted by atomic mass is 9.75. The molecule has 1 aromatic heterocycles. The van der Waals surface area contributed by atoms with E-state index in [9.17, 15) is 9.59 Å². The predicted molar refractivity (Wildman–Crippen MR) is 91.7 cm³/mol. The molecule has 2 aliphatic rings. The van der Waals surface area contributed by atoms with Crippen molar-refractivity contribution < 1.29 is 14.3 Å². The van der Waals surface area contributed by atoms with E-state index >= 15 is 0 Å². The number of amides is 2. The molecule has 1 N–H and O–H groups in total. The normalized spacial score (nSPS) is 18.3. The molecule has 0 aliphatic carbocycles. The van der Waals surface area contributed by atoms with Crippen LogP contribution in [0, 0.1) is 0 Å². The maximum atomic E-state index is 13.4. The summed E-state index contributed by atoms with van der Waals surface area (Å²) in [6.45, 7) is 2.54. The maximum absolute atomic E-state index is 13.4. The Bertz CT molecular complexity index is 831. The second kappa shape index (κ2) is 5.93. The summed E-state index contributed by atoms with van der Waals surface area (Å²) in [6.07, 6.45) is 5.94. The fraction of sp³-hybridized carbons (Fsp3) is 0.333. The van der Waals surface area contributed by atoms with Crippen LogP contribution in [0.2, 0.25) is 0 Å². The second-order valence-electron chi connectivity index (χ2n) is 6.34. The molecule has 2 amide bonds. The third kappa shape index (κ3) is 2.47. The van der Waals surface area contributed by atoms with Crippen molar-refractivity contribution in [1.82, 2.24) is 9.97 Å². The number of benzene rings is 1. The van der Waals surface area contributed by atoms with Gasteiger partial charge >= 0.3 is 0 Å². The number of nitrogens with one attached hydrogen (secondary N) is 1. The first-order valence-corrected chi connectivity index (χ1v) is 8.21. The van der Waals surface area contributed by atoms with Gasteiger partial charge in [0.05, 0.1) is 29.2 Å². The van der Waals surface area contributed by atoms with Gasteiger partial charge < -0.3 is 10.1 Å². The molecule has 0 radical (unpaired) electrons. The van der Waals surface area contributed by atoms with Gasteiger partial charge in [-0.1, -0.05) is 0 Å². The highest BCUT2D eigenvalue weighted by Gasteiger charge is 2.52. The van der Waals surface area contributed by atoms with E-state index in [-0.39, 0.29) is 11.8 Å². The van der Waals surface area contributed by atoms with Crippen molar-refractivity contribution in [2.45, 2.75) is 25.2 Å². The van der Waals surface area contributed by atoms with Gasteiger partial charge in [0, 0.05) is 25.8 Å². The van der Waals surface area contributed by atoms with Crippen LogP contribution in [-0.2, 0) is 19.7 Å². The summed E-state index contributed by atoms with van der Waals surface area (Å²) in [5.41, 5.74) is 2.45. The molecule has 3 heterocycles. The molecule has 25 heavy (non-hydrogen) atoms. The Hall–Kier alpha value is -2.80. The zero-order chi connectivity index (χ0) is 17.4. The van der Waals surface area contributed by atoms with E-state index in [1.807, 2.05) is 18.2 Å². The monoisotopic (exact) mass is 338 g/mol. The third-order valence-corrected chi connectivity index (χ3v) is 4.84. The van der Waals surface area contributed by atoms with Crippen LogP contribution in [0.3, 0.4) is 0 Å². The number of fused-ring (bicyclic) bond motifs is 2. The number of hydrogen-bond acceptors (Lipinski definition) is 5. The summed E-state index contributed by atoms with van der Waals surface area (Å²) in [6, 6.07) is 5.59. The smallest absolute Gasteiger partial charge is 0.242 e. The molecule has 2 aromatic rings. The minimum absolute atomic E-state index is 0.0144. The molecule has 1 saturated heterocycles. The number of nitrogens with zero attached hydrogens (tertiary/aromatic N) is 3. The van der Waals surface area contributed by atoms with Crippen LogP contribution >= 0.6 is 0 Å². The molecule has 7 nitrogen and oxygen atoms in total. The molecule has 7 heteroatoms. The number of carbonyl (C=O) groups is 2. The molecule has 1 aromatic carbocycles. The molecule has 128 valence electrons. The van der Waals surface area contributed by atoms with E-state index < -0.39 is 5.41 Å². The quantitative estimate of drug-likeness (QED) is 0.907. The first-order chi connectivity index (χ1) is 12.1. The first-order valence-electron chi connectivity index (χ1n) is 8.21. The van der Waals surface area contributed by atoms with Gasteiger partial charge in [-0.3, -0.25) is 14.5 Å². The highest BCUT2D eigenvalue weighted by Crippen LogP contribution is 2.50. The molecule has 1 spiro atoms. The minimum Gasteiger partial charge on any atom is -0.381 e. The number of aromatic nitrogens is 2. The number of carbonyl (C=O) groups excluding carboxylic acids is 2. The third-order valence-electron chi connectivity index (χ3n) is 4.84. The fourth-order valence-corrected chi connectivity index (χ4v) is 3.70. The molecule has 2 aliphatic heterocycles. The molecule has 4 rings (SSSR count). The van der Waals surface area contributed by atoms with Crippen molar-refractivity contribution in [3.63, 3.8) is 0 Å². The zero-order valence-electron chi connectivity index (χ0n) is 13.9. The molecule has 0 saturated carbocycles. The highest BCUT2D eigenvalue weighted by molar-refractivity contribution is 6.13. The van der Waals surface area contributed by atoms with Gasteiger partial charge in [0.15, 0.2) is 0 Å². The van der Waals surface area contributed by atoms with E-state index in [1.54, 1.807) is 17.3 Å². The van der Waals surface area contributed by atoms with Crippen LogP contribution in [0.25, 0.3) is 0 Å². The van der Waals surface area contributed by atoms with E-state index in [0.717, 1.165) is 11.3 Å². The van der Waals surface area contributed by atoms with Crippen molar-refractivity contribution in [3.8, 4) is 0 Å². The molecule has 0 unspecified atom stereocenters. The summed E-state index contributed by atoms with van der Waals surface area (Å²) in [4.78, 5) is 34.6. The summed E-state index contributed by atoms with van der Waals surface area (Å²) in [5.74, 6) is -0.126. The van der Waals surface area contributed by atoms with Gasteiger partial charge in [-0.25, -0.2) is 9.97 Å².